The average molecular weight is 461 g/mol. The maximum atomic E-state index is 11.8. The van der Waals surface area contributed by atoms with Crippen molar-refractivity contribution in [1.29, 1.82) is 0 Å². The van der Waals surface area contributed by atoms with Crippen LogP contribution in [-0.2, 0) is 4.79 Å². The van der Waals surface area contributed by atoms with Gasteiger partial charge in [-0.1, -0.05) is 6.92 Å². The Bertz CT molecular complexity index is 1690. The van der Waals surface area contributed by atoms with E-state index in [1.54, 1.807) is 50.3 Å². The molecule has 0 atom stereocenters. The van der Waals surface area contributed by atoms with Gasteiger partial charge in [-0.05, 0) is 29.8 Å². The second-order valence-electron chi connectivity index (χ2n) is 7.96. The van der Waals surface area contributed by atoms with Gasteiger partial charge in [-0.2, -0.15) is 5.10 Å². The number of anilines is 1. The molecule has 0 aliphatic carbocycles. The molecule has 6 rings (SSSR count). The number of hydrogen-bond acceptors (Lipinski definition) is 7. The van der Waals surface area contributed by atoms with Gasteiger partial charge >= 0.3 is 0 Å². The van der Waals surface area contributed by atoms with E-state index in [-0.39, 0.29) is 5.91 Å². The number of nitrogens with one attached hydrogen (secondary N) is 3. The molecule has 0 saturated carbocycles. The Kier molecular flexibility index (Phi) is 4.95. The summed E-state index contributed by atoms with van der Waals surface area (Å²) in [5.74, 6) is 0.538. The Hall–Kier alpha value is -4.99. The van der Waals surface area contributed by atoms with Crippen LogP contribution in [0.4, 0.5) is 5.69 Å². The maximum absolute atomic E-state index is 11.8. The molecule has 0 bridgehead atoms. The van der Waals surface area contributed by atoms with Gasteiger partial charge in [0.15, 0.2) is 11.5 Å². The van der Waals surface area contributed by atoms with Crippen molar-refractivity contribution in [3.63, 3.8) is 0 Å². The summed E-state index contributed by atoms with van der Waals surface area (Å²) in [4.78, 5) is 37.2. The number of pyridine rings is 4. The van der Waals surface area contributed by atoms with Gasteiger partial charge in [0.1, 0.15) is 5.69 Å². The van der Waals surface area contributed by atoms with Gasteiger partial charge in [-0.3, -0.25) is 24.8 Å². The smallest absolute Gasteiger partial charge is 0.224 e. The van der Waals surface area contributed by atoms with Crippen LogP contribution >= 0.6 is 0 Å². The number of imidazole rings is 1. The molecule has 6 aromatic rings. The van der Waals surface area contributed by atoms with E-state index in [1.165, 1.54) is 0 Å². The van der Waals surface area contributed by atoms with E-state index >= 15 is 0 Å². The predicted molar refractivity (Wildman–Crippen MR) is 132 cm³/mol. The molecule has 170 valence electrons. The molecule has 0 radical (unpaired) electrons. The molecule has 0 unspecified atom stereocenters. The molecule has 10 heteroatoms. The lowest BCUT2D eigenvalue weighted by Gasteiger charge is -2.06. The van der Waals surface area contributed by atoms with Crippen LogP contribution in [0.3, 0.4) is 0 Å². The molecule has 1 amide bonds. The molecule has 0 saturated heterocycles. The fraction of sp³-hybridized carbons (Fsp3) is 0.0800. The summed E-state index contributed by atoms with van der Waals surface area (Å²) in [6.07, 6.45) is 12.5. The number of amides is 1. The Morgan fingerprint density at radius 2 is 1.77 bits per heavy atom. The molecule has 10 nitrogen and oxygen atoms in total. The van der Waals surface area contributed by atoms with Crippen LogP contribution in [0.2, 0.25) is 0 Å². The number of hydrogen-bond donors (Lipinski definition) is 3. The highest BCUT2D eigenvalue weighted by Gasteiger charge is 2.17. The van der Waals surface area contributed by atoms with Crippen molar-refractivity contribution < 1.29 is 4.79 Å². The van der Waals surface area contributed by atoms with Gasteiger partial charge in [0.2, 0.25) is 5.91 Å². The highest BCUT2D eigenvalue weighted by atomic mass is 16.1. The monoisotopic (exact) mass is 461 g/mol. The first-order chi connectivity index (χ1) is 17.2. The summed E-state index contributed by atoms with van der Waals surface area (Å²) < 4.78 is 0. The number of carbonyl (C=O) groups excluding carboxylic acids is 1. The van der Waals surface area contributed by atoms with E-state index in [1.807, 2.05) is 24.3 Å². The first-order valence-electron chi connectivity index (χ1n) is 11.0. The molecule has 6 heterocycles. The Morgan fingerprint density at radius 3 is 2.63 bits per heavy atom. The number of carbonyl (C=O) groups is 1. The Morgan fingerprint density at radius 1 is 0.943 bits per heavy atom. The second kappa shape index (κ2) is 8.41. The van der Waals surface area contributed by atoms with Gasteiger partial charge in [-0.15, -0.1) is 0 Å². The lowest BCUT2D eigenvalue weighted by molar-refractivity contribution is -0.115. The first kappa shape index (κ1) is 20.6. The Labute approximate surface area is 198 Å². The molecule has 3 N–H and O–H groups in total. The fourth-order valence-electron chi connectivity index (χ4n) is 3.95. The van der Waals surface area contributed by atoms with Crippen LogP contribution in [0.25, 0.3) is 55.8 Å². The van der Waals surface area contributed by atoms with Crippen LogP contribution in [0, 0.1) is 0 Å². The SMILES string of the molecule is CCC(=O)Nc1cncc(-c2cnc3[nH]nc(-c4nc5c(-c6ccncc6)cncc5[nH]4)c3c2)c1. The van der Waals surface area contributed by atoms with Crippen molar-refractivity contribution in [2.45, 2.75) is 13.3 Å². The number of rotatable bonds is 5. The molecule has 35 heavy (non-hydrogen) atoms. The van der Waals surface area contributed by atoms with Crippen molar-refractivity contribution >= 4 is 33.7 Å². The molecular formula is C25H19N9O. The molecule has 0 spiro atoms. The summed E-state index contributed by atoms with van der Waals surface area (Å²) in [6, 6.07) is 7.71. The van der Waals surface area contributed by atoms with Gasteiger partial charge in [0.05, 0.1) is 34.5 Å². The highest BCUT2D eigenvalue weighted by Crippen LogP contribution is 2.32. The first-order valence-corrected chi connectivity index (χ1v) is 11.0. The molecule has 0 aliphatic heterocycles. The normalized spacial score (nSPS) is 11.2. The number of fused-ring (bicyclic) bond motifs is 2. The number of nitrogens with zero attached hydrogens (tertiary/aromatic N) is 6. The lowest BCUT2D eigenvalue weighted by Crippen LogP contribution is -2.09. The van der Waals surface area contributed by atoms with Crippen molar-refractivity contribution in [3.8, 4) is 33.8 Å². The average Bonchev–Trinajstić information content (AvgIpc) is 3.53. The zero-order valence-electron chi connectivity index (χ0n) is 18.6. The number of H-pyrrole nitrogens is 2. The number of aromatic nitrogens is 8. The molecular weight excluding hydrogens is 442 g/mol. The minimum atomic E-state index is -0.0693. The van der Waals surface area contributed by atoms with Crippen molar-refractivity contribution in [2.24, 2.45) is 0 Å². The third-order valence-corrected chi connectivity index (χ3v) is 5.70. The topological polar surface area (TPSA) is 138 Å². The van der Waals surface area contributed by atoms with Crippen molar-refractivity contribution in [1.82, 2.24) is 40.1 Å². The predicted octanol–water partition coefficient (Wildman–Crippen LogP) is 4.37. The molecule has 0 aromatic carbocycles. The zero-order valence-corrected chi connectivity index (χ0v) is 18.6. The highest BCUT2D eigenvalue weighted by molar-refractivity contribution is 5.97. The van der Waals surface area contributed by atoms with Crippen LogP contribution in [0.5, 0.6) is 0 Å². The van der Waals surface area contributed by atoms with E-state index in [0.29, 0.717) is 29.3 Å². The van der Waals surface area contributed by atoms with Gasteiger partial charge in [-0.25, -0.2) is 9.97 Å². The van der Waals surface area contributed by atoms with Gasteiger partial charge < -0.3 is 10.3 Å². The summed E-state index contributed by atoms with van der Waals surface area (Å²) >= 11 is 0. The second-order valence-corrected chi connectivity index (χ2v) is 7.96. The standard InChI is InChI=1S/C25H19N9O/c1-2-21(35)30-17-7-15(9-27-11-17)16-8-18-23(33-34-24(18)29-10-16)25-31-20-13-28-12-19(22(20)32-25)14-3-5-26-6-4-14/h3-13H,2H2,1H3,(H,30,35)(H,31,32)(H,29,33,34). The summed E-state index contributed by atoms with van der Waals surface area (Å²) in [6.45, 7) is 1.80. The van der Waals surface area contributed by atoms with Crippen LogP contribution < -0.4 is 5.32 Å². The third-order valence-electron chi connectivity index (χ3n) is 5.70. The van der Waals surface area contributed by atoms with Crippen LogP contribution in [0.1, 0.15) is 13.3 Å². The van der Waals surface area contributed by atoms with E-state index < -0.39 is 0 Å². The van der Waals surface area contributed by atoms with Crippen LogP contribution in [0.15, 0.2) is 67.6 Å². The van der Waals surface area contributed by atoms with E-state index in [9.17, 15) is 4.79 Å². The lowest BCUT2D eigenvalue weighted by atomic mass is 10.1. The minimum absolute atomic E-state index is 0.0693. The van der Waals surface area contributed by atoms with Gasteiger partial charge in [0.25, 0.3) is 0 Å². The molecule has 0 aliphatic rings. The van der Waals surface area contributed by atoms with Gasteiger partial charge in [0, 0.05) is 54.1 Å². The van der Waals surface area contributed by atoms with E-state index in [0.717, 1.165) is 38.7 Å². The summed E-state index contributed by atoms with van der Waals surface area (Å²) in [5, 5.41) is 11.1. The molecule has 6 aromatic heterocycles. The summed E-state index contributed by atoms with van der Waals surface area (Å²) in [5.41, 5.74) is 7.08. The van der Waals surface area contributed by atoms with Crippen molar-refractivity contribution in [2.75, 3.05) is 5.32 Å². The van der Waals surface area contributed by atoms with E-state index in [4.69, 9.17) is 4.98 Å². The number of aromatic amines is 2. The fourth-order valence-corrected chi connectivity index (χ4v) is 3.95. The summed E-state index contributed by atoms with van der Waals surface area (Å²) in [7, 11) is 0. The minimum Gasteiger partial charge on any atom is -0.335 e. The van der Waals surface area contributed by atoms with Crippen LogP contribution in [-0.4, -0.2) is 46.0 Å². The largest absolute Gasteiger partial charge is 0.335 e. The van der Waals surface area contributed by atoms with E-state index in [2.05, 4.69) is 40.4 Å². The third kappa shape index (κ3) is 3.76. The Balaban J connectivity index is 1.43. The zero-order chi connectivity index (χ0) is 23.8. The molecule has 0 fully saturated rings. The van der Waals surface area contributed by atoms with Crippen molar-refractivity contribution in [3.05, 3.63) is 67.6 Å². The maximum Gasteiger partial charge on any atom is 0.224 e. The quantitative estimate of drug-likeness (QED) is 0.346.